The summed E-state index contributed by atoms with van der Waals surface area (Å²) < 4.78 is 9.02. The van der Waals surface area contributed by atoms with Crippen molar-refractivity contribution in [3.63, 3.8) is 0 Å². The average molecular weight is 481 g/mol. The van der Waals surface area contributed by atoms with Crippen LogP contribution < -0.4 is 10.2 Å². The predicted octanol–water partition coefficient (Wildman–Crippen LogP) is 5.78. The van der Waals surface area contributed by atoms with Gasteiger partial charge in [-0.2, -0.15) is 10.1 Å². The standard InChI is InChI=1S/C23H25BrN6O/c1-3-5-13-31-20-11-10-17(24)14-16(20)15-25-28-23-26-22-21(27-29-23)18-8-6-7-9-19(18)30(22)12-4-2/h6-11,14-15H,3-5,12-13H2,1-2H3,(H,26,28,29)/b25-15+. The monoisotopic (exact) mass is 480 g/mol. The van der Waals surface area contributed by atoms with Crippen LogP contribution in [-0.4, -0.2) is 32.6 Å². The van der Waals surface area contributed by atoms with Gasteiger partial charge >= 0.3 is 0 Å². The molecule has 4 aromatic rings. The van der Waals surface area contributed by atoms with Crippen molar-refractivity contribution in [3.8, 4) is 5.75 Å². The van der Waals surface area contributed by atoms with E-state index in [1.165, 1.54) is 0 Å². The van der Waals surface area contributed by atoms with Gasteiger partial charge in [-0.25, -0.2) is 5.43 Å². The van der Waals surface area contributed by atoms with Gasteiger partial charge in [0.1, 0.15) is 11.3 Å². The van der Waals surface area contributed by atoms with Crippen LogP contribution >= 0.6 is 15.9 Å². The first-order valence-corrected chi connectivity index (χ1v) is 11.3. The Morgan fingerprint density at radius 3 is 2.84 bits per heavy atom. The number of unbranched alkanes of at least 4 members (excludes halogenated alkanes) is 1. The predicted molar refractivity (Wildman–Crippen MR) is 129 cm³/mol. The van der Waals surface area contributed by atoms with Crippen LogP contribution in [0.5, 0.6) is 5.75 Å². The molecule has 0 unspecified atom stereocenters. The molecule has 0 aliphatic rings. The second-order valence-electron chi connectivity index (χ2n) is 7.23. The molecule has 0 spiro atoms. The van der Waals surface area contributed by atoms with Crippen LogP contribution in [0.4, 0.5) is 5.95 Å². The quantitative estimate of drug-likeness (QED) is 0.186. The Labute approximate surface area is 189 Å². The lowest BCUT2D eigenvalue weighted by Gasteiger charge is -2.09. The molecule has 0 fully saturated rings. The van der Waals surface area contributed by atoms with Gasteiger partial charge in [-0.05, 0) is 37.1 Å². The van der Waals surface area contributed by atoms with E-state index in [0.29, 0.717) is 12.6 Å². The summed E-state index contributed by atoms with van der Waals surface area (Å²) in [5.74, 6) is 1.15. The second-order valence-corrected chi connectivity index (χ2v) is 8.15. The van der Waals surface area contributed by atoms with Gasteiger partial charge in [-0.3, -0.25) is 0 Å². The Morgan fingerprint density at radius 2 is 2.00 bits per heavy atom. The van der Waals surface area contributed by atoms with E-state index in [1.54, 1.807) is 6.21 Å². The summed E-state index contributed by atoms with van der Waals surface area (Å²) in [5, 5.41) is 14.0. The summed E-state index contributed by atoms with van der Waals surface area (Å²) in [7, 11) is 0. The number of rotatable bonds is 9. The lowest BCUT2D eigenvalue weighted by molar-refractivity contribution is 0.309. The van der Waals surface area contributed by atoms with Gasteiger partial charge in [-0.15, -0.1) is 10.2 Å². The van der Waals surface area contributed by atoms with Gasteiger partial charge in [-0.1, -0.05) is 54.4 Å². The zero-order chi connectivity index (χ0) is 21.6. The third-order valence-corrected chi connectivity index (χ3v) is 5.41. The number of aromatic nitrogens is 4. The smallest absolute Gasteiger partial charge is 0.265 e. The number of nitrogens with one attached hydrogen (secondary N) is 1. The highest BCUT2D eigenvalue weighted by Crippen LogP contribution is 2.26. The minimum absolute atomic E-state index is 0.354. The molecule has 0 radical (unpaired) electrons. The van der Waals surface area contributed by atoms with Crippen LogP contribution in [0.25, 0.3) is 22.1 Å². The summed E-state index contributed by atoms with van der Waals surface area (Å²) in [5.41, 5.74) is 6.51. The van der Waals surface area contributed by atoms with Crippen molar-refractivity contribution in [2.24, 2.45) is 5.10 Å². The molecule has 0 saturated heterocycles. The summed E-state index contributed by atoms with van der Waals surface area (Å²) >= 11 is 3.51. The number of fused-ring (bicyclic) bond motifs is 3. The molecule has 2 aromatic carbocycles. The van der Waals surface area contributed by atoms with E-state index in [9.17, 15) is 0 Å². The average Bonchev–Trinajstić information content (AvgIpc) is 3.09. The van der Waals surface area contributed by atoms with Crippen LogP contribution in [0.2, 0.25) is 0 Å². The molecular formula is C23H25BrN6O. The number of ether oxygens (including phenoxy) is 1. The van der Waals surface area contributed by atoms with E-state index in [2.05, 4.69) is 72.2 Å². The van der Waals surface area contributed by atoms with E-state index in [1.807, 2.05) is 30.3 Å². The Kier molecular flexibility index (Phi) is 6.76. The Morgan fingerprint density at radius 1 is 1.13 bits per heavy atom. The first-order chi connectivity index (χ1) is 15.2. The number of benzene rings is 2. The molecule has 8 heteroatoms. The fourth-order valence-electron chi connectivity index (χ4n) is 3.44. The molecule has 0 bridgehead atoms. The Bertz CT molecular complexity index is 1220. The van der Waals surface area contributed by atoms with E-state index < -0.39 is 0 Å². The molecule has 0 aliphatic carbocycles. The zero-order valence-electron chi connectivity index (χ0n) is 17.7. The lowest BCUT2D eigenvalue weighted by Crippen LogP contribution is -2.03. The molecule has 1 N–H and O–H groups in total. The molecule has 160 valence electrons. The molecule has 31 heavy (non-hydrogen) atoms. The largest absolute Gasteiger partial charge is 0.493 e. The van der Waals surface area contributed by atoms with Crippen molar-refractivity contribution in [1.29, 1.82) is 0 Å². The number of hydrazone groups is 1. The van der Waals surface area contributed by atoms with Crippen molar-refractivity contribution < 1.29 is 4.74 Å². The number of aryl methyl sites for hydroxylation is 1. The minimum atomic E-state index is 0.354. The van der Waals surface area contributed by atoms with E-state index in [-0.39, 0.29) is 0 Å². The van der Waals surface area contributed by atoms with Crippen molar-refractivity contribution in [1.82, 2.24) is 19.7 Å². The first-order valence-electron chi connectivity index (χ1n) is 10.5. The van der Waals surface area contributed by atoms with Gasteiger partial charge < -0.3 is 9.30 Å². The normalized spacial score (nSPS) is 11.6. The molecule has 0 amide bonds. The molecular weight excluding hydrogens is 456 g/mol. The van der Waals surface area contributed by atoms with Crippen molar-refractivity contribution in [2.45, 2.75) is 39.7 Å². The molecule has 0 atom stereocenters. The van der Waals surface area contributed by atoms with Gasteiger partial charge in [0.05, 0.1) is 18.3 Å². The van der Waals surface area contributed by atoms with E-state index in [4.69, 9.17) is 4.74 Å². The van der Waals surface area contributed by atoms with Crippen molar-refractivity contribution in [3.05, 3.63) is 52.5 Å². The maximum absolute atomic E-state index is 5.88. The summed E-state index contributed by atoms with van der Waals surface area (Å²) in [6.07, 6.45) is 4.81. The van der Waals surface area contributed by atoms with Crippen LogP contribution in [0.15, 0.2) is 52.0 Å². The number of anilines is 1. The molecule has 0 aliphatic heterocycles. The second kappa shape index (κ2) is 9.87. The van der Waals surface area contributed by atoms with E-state index >= 15 is 0 Å². The summed E-state index contributed by atoms with van der Waals surface area (Å²) in [6, 6.07) is 14.0. The third-order valence-electron chi connectivity index (χ3n) is 4.92. The third kappa shape index (κ3) is 4.69. The lowest BCUT2D eigenvalue weighted by atomic mass is 10.2. The zero-order valence-corrected chi connectivity index (χ0v) is 19.3. The number of hydrogen-bond acceptors (Lipinski definition) is 6. The van der Waals surface area contributed by atoms with Gasteiger partial charge in [0.2, 0.25) is 0 Å². The Hall–Kier alpha value is -3.00. The maximum atomic E-state index is 5.88. The van der Waals surface area contributed by atoms with Crippen molar-refractivity contribution in [2.75, 3.05) is 12.0 Å². The topological polar surface area (TPSA) is 77.2 Å². The van der Waals surface area contributed by atoms with Gasteiger partial charge in [0, 0.05) is 22.0 Å². The summed E-state index contributed by atoms with van der Waals surface area (Å²) in [6.45, 7) is 5.83. The van der Waals surface area contributed by atoms with Gasteiger partial charge in [0.15, 0.2) is 5.65 Å². The number of hydrogen-bond donors (Lipinski definition) is 1. The van der Waals surface area contributed by atoms with Crippen LogP contribution in [-0.2, 0) is 6.54 Å². The number of nitrogens with zero attached hydrogens (tertiary/aromatic N) is 5. The fourth-order valence-corrected chi connectivity index (χ4v) is 3.82. The Balaban J connectivity index is 1.60. The maximum Gasteiger partial charge on any atom is 0.265 e. The SMILES string of the molecule is CCCCOc1ccc(Br)cc1/C=N/Nc1nnc2c3ccccc3n(CCC)c2n1. The molecule has 0 saturated carbocycles. The molecule has 4 rings (SSSR count). The number of para-hydroxylation sites is 1. The van der Waals surface area contributed by atoms with Gasteiger partial charge in [0.25, 0.3) is 5.95 Å². The molecule has 2 aromatic heterocycles. The van der Waals surface area contributed by atoms with Crippen LogP contribution in [0, 0.1) is 0 Å². The van der Waals surface area contributed by atoms with Crippen LogP contribution in [0.3, 0.4) is 0 Å². The summed E-state index contributed by atoms with van der Waals surface area (Å²) in [4.78, 5) is 4.69. The first kappa shape index (κ1) is 21.2. The van der Waals surface area contributed by atoms with Crippen LogP contribution in [0.1, 0.15) is 38.7 Å². The highest BCUT2D eigenvalue weighted by atomic mass is 79.9. The van der Waals surface area contributed by atoms with Crippen molar-refractivity contribution >= 4 is 50.2 Å². The highest BCUT2D eigenvalue weighted by molar-refractivity contribution is 9.10. The number of halogens is 1. The highest BCUT2D eigenvalue weighted by Gasteiger charge is 2.13. The fraction of sp³-hybridized carbons (Fsp3) is 0.304. The van der Waals surface area contributed by atoms with E-state index in [0.717, 1.165) is 63.7 Å². The molecule has 7 nitrogen and oxygen atoms in total. The minimum Gasteiger partial charge on any atom is -0.493 e. The molecule has 2 heterocycles.